The topological polar surface area (TPSA) is 79.7 Å². The molecule has 0 spiro atoms. The molecule has 1 aliphatic rings. The molecule has 7 nitrogen and oxygen atoms in total. The molecule has 3 heterocycles. The molecule has 36 heavy (non-hydrogen) atoms. The Hall–Kier alpha value is -2.91. The number of halogens is 1. The molecule has 1 fully saturated rings. The number of ether oxygens (including phenoxy) is 2. The van der Waals surface area contributed by atoms with Crippen LogP contribution in [-0.4, -0.2) is 60.6 Å². The first-order valence-electron chi connectivity index (χ1n) is 12.0. The van der Waals surface area contributed by atoms with Crippen LogP contribution < -0.4 is 19.7 Å². The van der Waals surface area contributed by atoms with Crippen molar-refractivity contribution in [1.29, 1.82) is 0 Å². The Morgan fingerprint density at radius 1 is 1.17 bits per heavy atom. The van der Waals surface area contributed by atoms with E-state index in [1.807, 2.05) is 6.07 Å². The van der Waals surface area contributed by atoms with Crippen molar-refractivity contribution in [2.75, 3.05) is 38.3 Å². The molecule has 2 N–H and O–H groups in total. The minimum absolute atomic E-state index is 0.164. The molecular formula is C27H29ClN4O3S. The van der Waals surface area contributed by atoms with E-state index in [0.717, 1.165) is 42.0 Å². The van der Waals surface area contributed by atoms with E-state index in [9.17, 15) is 5.11 Å². The van der Waals surface area contributed by atoms with Gasteiger partial charge in [-0.2, -0.15) is 0 Å². The van der Waals surface area contributed by atoms with E-state index >= 15 is 0 Å². The van der Waals surface area contributed by atoms with Crippen molar-refractivity contribution in [2.45, 2.75) is 25.0 Å². The van der Waals surface area contributed by atoms with Gasteiger partial charge in [-0.05, 0) is 30.5 Å². The van der Waals surface area contributed by atoms with Gasteiger partial charge >= 0.3 is 0 Å². The summed E-state index contributed by atoms with van der Waals surface area (Å²) >= 11 is 7.87. The molecule has 0 amide bonds. The van der Waals surface area contributed by atoms with Crippen molar-refractivity contribution in [3.05, 3.63) is 65.3 Å². The van der Waals surface area contributed by atoms with Crippen molar-refractivity contribution >= 4 is 39.0 Å². The number of benzene rings is 2. The largest absolute Gasteiger partial charge is 0.497 e. The highest BCUT2D eigenvalue weighted by Gasteiger charge is 2.24. The van der Waals surface area contributed by atoms with Crippen molar-refractivity contribution in [1.82, 2.24) is 15.3 Å². The summed E-state index contributed by atoms with van der Waals surface area (Å²) in [7, 11) is 1.59. The third-order valence-electron chi connectivity index (χ3n) is 6.44. The summed E-state index contributed by atoms with van der Waals surface area (Å²) in [6.07, 6.45) is 2.96. The van der Waals surface area contributed by atoms with Crippen LogP contribution in [0.2, 0.25) is 5.02 Å². The van der Waals surface area contributed by atoms with Gasteiger partial charge < -0.3 is 24.8 Å². The number of methoxy groups -OCH3 is 1. The quantitative estimate of drug-likeness (QED) is 0.318. The first-order valence-corrected chi connectivity index (χ1v) is 13.3. The van der Waals surface area contributed by atoms with Crippen LogP contribution >= 0.6 is 22.9 Å². The zero-order valence-electron chi connectivity index (χ0n) is 20.1. The maximum absolute atomic E-state index is 10.4. The van der Waals surface area contributed by atoms with Gasteiger partial charge in [0.2, 0.25) is 0 Å². The van der Waals surface area contributed by atoms with E-state index < -0.39 is 6.10 Å². The molecule has 5 rings (SSSR count). The van der Waals surface area contributed by atoms with Gasteiger partial charge in [0.25, 0.3) is 0 Å². The molecule has 2 aromatic carbocycles. The number of aliphatic hydroxyl groups excluding tert-OH is 1. The number of nitrogens with one attached hydrogen (secondary N) is 1. The standard InChI is InChI=1S/C27H29ClN4O3S/c1-34-21-7-8-24(23(28)13-21)35-15-20(33)14-29-19-9-11-32(12-10-19)26-25-22(18-5-3-2-4-6-18)16-36-27(25)31-17-30-26/h2-8,13,16-17,19-20,29,33H,9-12,14-15H2,1H3. The number of thiophene rings is 1. The zero-order valence-corrected chi connectivity index (χ0v) is 21.6. The van der Waals surface area contributed by atoms with Gasteiger partial charge in [-0.25, -0.2) is 9.97 Å². The second kappa shape index (κ2) is 11.4. The number of rotatable bonds is 9. The third kappa shape index (κ3) is 5.57. The highest BCUT2D eigenvalue weighted by atomic mass is 35.5. The molecule has 188 valence electrons. The Morgan fingerprint density at radius 2 is 1.97 bits per heavy atom. The number of hydrogen-bond acceptors (Lipinski definition) is 8. The van der Waals surface area contributed by atoms with Crippen LogP contribution in [-0.2, 0) is 0 Å². The van der Waals surface area contributed by atoms with Gasteiger partial charge in [0.1, 0.15) is 41.2 Å². The fourth-order valence-electron chi connectivity index (χ4n) is 4.50. The summed E-state index contributed by atoms with van der Waals surface area (Å²) in [5.41, 5.74) is 2.37. The lowest BCUT2D eigenvalue weighted by Crippen LogP contribution is -2.45. The van der Waals surface area contributed by atoms with E-state index in [-0.39, 0.29) is 6.61 Å². The molecule has 0 saturated carbocycles. The number of aromatic nitrogens is 2. The minimum atomic E-state index is -0.637. The summed E-state index contributed by atoms with van der Waals surface area (Å²) in [6, 6.07) is 16.0. The first kappa shape index (κ1) is 24.8. The molecular weight excluding hydrogens is 496 g/mol. The number of nitrogens with zero attached hydrogens (tertiary/aromatic N) is 3. The Balaban J connectivity index is 1.15. The maximum Gasteiger partial charge on any atom is 0.141 e. The van der Waals surface area contributed by atoms with Crippen molar-refractivity contribution in [3.63, 3.8) is 0 Å². The van der Waals surface area contributed by atoms with Gasteiger partial charge in [0.15, 0.2) is 0 Å². The SMILES string of the molecule is COc1ccc(OCC(O)CNC2CCN(c3ncnc4scc(-c5ccccc5)c34)CC2)c(Cl)c1. The zero-order chi connectivity index (χ0) is 24.9. The van der Waals surface area contributed by atoms with E-state index in [1.165, 1.54) is 11.1 Å². The molecule has 1 atom stereocenters. The molecule has 2 aromatic heterocycles. The van der Waals surface area contributed by atoms with Crippen LogP contribution in [0.25, 0.3) is 21.3 Å². The number of fused-ring (bicyclic) bond motifs is 1. The summed E-state index contributed by atoms with van der Waals surface area (Å²) in [5, 5.41) is 17.7. The number of aliphatic hydroxyl groups is 1. The Kier molecular flexibility index (Phi) is 7.87. The molecule has 1 aliphatic heterocycles. The fourth-order valence-corrected chi connectivity index (χ4v) is 5.63. The lowest BCUT2D eigenvalue weighted by atomic mass is 10.0. The lowest BCUT2D eigenvalue weighted by Gasteiger charge is -2.34. The van der Waals surface area contributed by atoms with E-state index in [2.05, 4.69) is 49.8 Å². The van der Waals surface area contributed by atoms with Crippen LogP contribution in [0.15, 0.2) is 60.2 Å². The molecule has 1 unspecified atom stereocenters. The number of hydrogen-bond donors (Lipinski definition) is 2. The molecule has 1 saturated heterocycles. The van der Waals surface area contributed by atoms with Crippen LogP contribution in [0.4, 0.5) is 5.82 Å². The average molecular weight is 525 g/mol. The molecule has 9 heteroatoms. The summed E-state index contributed by atoms with van der Waals surface area (Å²) < 4.78 is 10.8. The predicted molar refractivity (Wildman–Crippen MR) is 146 cm³/mol. The number of piperidine rings is 1. The Bertz CT molecular complexity index is 1290. The van der Waals surface area contributed by atoms with Crippen LogP contribution in [0.3, 0.4) is 0 Å². The van der Waals surface area contributed by atoms with Gasteiger partial charge in [0.05, 0.1) is 17.5 Å². The smallest absolute Gasteiger partial charge is 0.141 e. The van der Waals surface area contributed by atoms with Gasteiger partial charge in [-0.3, -0.25) is 0 Å². The van der Waals surface area contributed by atoms with Gasteiger partial charge in [-0.1, -0.05) is 41.9 Å². The summed E-state index contributed by atoms with van der Waals surface area (Å²) in [6.45, 7) is 2.40. The second-order valence-corrected chi connectivity index (χ2v) is 10.1. The van der Waals surface area contributed by atoms with Gasteiger partial charge in [-0.15, -0.1) is 11.3 Å². The lowest BCUT2D eigenvalue weighted by molar-refractivity contribution is 0.102. The normalized spacial score (nSPS) is 15.2. The number of anilines is 1. The summed E-state index contributed by atoms with van der Waals surface area (Å²) in [5.74, 6) is 2.20. The maximum atomic E-state index is 10.4. The average Bonchev–Trinajstić information content (AvgIpc) is 3.36. The van der Waals surface area contributed by atoms with E-state index in [4.69, 9.17) is 21.1 Å². The van der Waals surface area contributed by atoms with Gasteiger partial charge in [0, 0.05) is 42.7 Å². The predicted octanol–water partition coefficient (Wildman–Crippen LogP) is 5.02. The monoisotopic (exact) mass is 524 g/mol. The second-order valence-electron chi connectivity index (χ2n) is 8.82. The highest BCUT2D eigenvalue weighted by molar-refractivity contribution is 7.17. The highest BCUT2D eigenvalue weighted by Crippen LogP contribution is 2.38. The van der Waals surface area contributed by atoms with Crippen molar-refractivity contribution in [2.24, 2.45) is 0 Å². The van der Waals surface area contributed by atoms with E-state index in [0.29, 0.717) is 29.1 Å². The molecule has 0 aliphatic carbocycles. The van der Waals surface area contributed by atoms with E-state index in [1.54, 1.807) is 43.0 Å². The van der Waals surface area contributed by atoms with Crippen LogP contribution in [0.1, 0.15) is 12.8 Å². The van der Waals surface area contributed by atoms with Crippen LogP contribution in [0, 0.1) is 0 Å². The molecule has 4 aromatic rings. The Labute approximate surface area is 219 Å². The third-order valence-corrected chi connectivity index (χ3v) is 7.62. The first-order chi connectivity index (χ1) is 17.6. The Morgan fingerprint density at radius 3 is 2.72 bits per heavy atom. The summed E-state index contributed by atoms with van der Waals surface area (Å²) in [4.78, 5) is 12.6. The van der Waals surface area contributed by atoms with Crippen LogP contribution in [0.5, 0.6) is 11.5 Å². The fraction of sp³-hybridized carbons (Fsp3) is 0.333. The van der Waals surface area contributed by atoms with Crippen molar-refractivity contribution < 1.29 is 14.6 Å². The van der Waals surface area contributed by atoms with Crippen molar-refractivity contribution in [3.8, 4) is 22.6 Å². The minimum Gasteiger partial charge on any atom is -0.497 e. The molecule has 0 radical (unpaired) electrons. The molecule has 0 bridgehead atoms.